The lowest BCUT2D eigenvalue weighted by Crippen LogP contribution is -2.19. The Morgan fingerprint density at radius 2 is 1.95 bits per heavy atom. The number of hydrogen-bond acceptors (Lipinski definition) is 3. The molecule has 0 aliphatic carbocycles. The highest BCUT2D eigenvalue weighted by atomic mass is 32.1. The van der Waals surface area contributed by atoms with Crippen molar-refractivity contribution < 1.29 is 4.39 Å². The topological polar surface area (TPSA) is 12.0 Å². The molecule has 0 amide bonds. The van der Waals surface area contributed by atoms with E-state index >= 15 is 0 Å². The maximum atomic E-state index is 14.4. The molecule has 1 aromatic carbocycles. The SMILES string of the molecule is CNC(c1cc2sccc2s1)c1c(C)cc(C)cc1F. The Bertz CT molecular complexity index is 705. The summed E-state index contributed by atoms with van der Waals surface area (Å²) in [7, 11) is 1.89. The van der Waals surface area contributed by atoms with Gasteiger partial charge in [-0.2, -0.15) is 0 Å². The van der Waals surface area contributed by atoms with Crippen LogP contribution in [0.15, 0.2) is 29.6 Å². The van der Waals surface area contributed by atoms with Crippen molar-refractivity contribution in [3.05, 3.63) is 57.0 Å². The van der Waals surface area contributed by atoms with Crippen molar-refractivity contribution in [1.29, 1.82) is 0 Å². The lowest BCUT2D eigenvalue weighted by Gasteiger charge is -2.19. The van der Waals surface area contributed by atoms with E-state index in [4.69, 9.17) is 0 Å². The van der Waals surface area contributed by atoms with Gasteiger partial charge in [-0.25, -0.2) is 4.39 Å². The monoisotopic (exact) mass is 305 g/mol. The van der Waals surface area contributed by atoms with Crippen molar-refractivity contribution >= 4 is 32.1 Å². The van der Waals surface area contributed by atoms with E-state index in [9.17, 15) is 4.39 Å². The summed E-state index contributed by atoms with van der Waals surface area (Å²) < 4.78 is 16.9. The minimum atomic E-state index is -0.126. The van der Waals surface area contributed by atoms with Crippen LogP contribution in [-0.4, -0.2) is 7.05 Å². The highest BCUT2D eigenvalue weighted by Crippen LogP contribution is 2.37. The third kappa shape index (κ3) is 2.28. The number of halogens is 1. The standard InChI is InChI=1S/C16H16FNS2/c1-9-6-10(2)15(11(17)7-9)16(18-3)14-8-13-12(20-14)4-5-19-13/h4-8,16,18H,1-3H3. The van der Waals surface area contributed by atoms with Gasteiger partial charge >= 0.3 is 0 Å². The molecule has 1 atom stereocenters. The number of thiophene rings is 2. The van der Waals surface area contributed by atoms with Crippen molar-refractivity contribution in [3.63, 3.8) is 0 Å². The maximum Gasteiger partial charge on any atom is 0.128 e. The van der Waals surface area contributed by atoms with E-state index in [2.05, 4.69) is 22.8 Å². The summed E-state index contributed by atoms with van der Waals surface area (Å²) in [5, 5.41) is 5.36. The Kier molecular flexibility index (Phi) is 3.63. The van der Waals surface area contributed by atoms with Crippen LogP contribution in [0.3, 0.4) is 0 Å². The van der Waals surface area contributed by atoms with E-state index < -0.39 is 0 Å². The molecule has 0 saturated carbocycles. The summed E-state index contributed by atoms with van der Waals surface area (Å²) in [6, 6.07) is 7.87. The van der Waals surface area contributed by atoms with Crippen LogP contribution in [0.2, 0.25) is 0 Å². The Labute approximate surface area is 126 Å². The fourth-order valence-electron chi connectivity index (χ4n) is 2.65. The van der Waals surface area contributed by atoms with Gasteiger partial charge in [-0.1, -0.05) is 6.07 Å². The molecular weight excluding hydrogens is 289 g/mol. The summed E-state index contributed by atoms with van der Waals surface area (Å²) in [5.74, 6) is -0.126. The molecule has 0 bridgehead atoms. The molecule has 2 heterocycles. The van der Waals surface area contributed by atoms with Gasteiger partial charge in [0.15, 0.2) is 0 Å². The molecule has 0 fully saturated rings. The molecule has 0 aliphatic heterocycles. The number of hydrogen-bond donors (Lipinski definition) is 1. The van der Waals surface area contributed by atoms with Gasteiger partial charge in [0.05, 0.1) is 6.04 Å². The first kappa shape index (κ1) is 13.7. The molecule has 104 valence electrons. The highest BCUT2D eigenvalue weighted by molar-refractivity contribution is 7.27. The van der Waals surface area contributed by atoms with E-state index in [0.29, 0.717) is 0 Å². The van der Waals surface area contributed by atoms with E-state index in [1.165, 1.54) is 14.3 Å². The van der Waals surface area contributed by atoms with Gasteiger partial charge in [0.25, 0.3) is 0 Å². The van der Waals surface area contributed by atoms with Crippen LogP contribution in [0.4, 0.5) is 4.39 Å². The minimum Gasteiger partial charge on any atom is -0.309 e. The van der Waals surface area contributed by atoms with Crippen LogP contribution in [0, 0.1) is 19.7 Å². The number of benzene rings is 1. The smallest absolute Gasteiger partial charge is 0.128 e. The molecule has 0 saturated heterocycles. The third-order valence-electron chi connectivity index (χ3n) is 3.50. The normalized spacial score (nSPS) is 13.0. The van der Waals surface area contributed by atoms with Crippen molar-refractivity contribution in [3.8, 4) is 0 Å². The first-order valence-corrected chi connectivity index (χ1v) is 8.20. The van der Waals surface area contributed by atoms with E-state index in [-0.39, 0.29) is 11.9 Å². The molecule has 1 nitrogen and oxygen atoms in total. The predicted octanol–water partition coefficient (Wildman–Crippen LogP) is 5.03. The van der Waals surface area contributed by atoms with Crippen LogP contribution in [0.25, 0.3) is 9.40 Å². The first-order chi connectivity index (χ1) is 9.60. The Morgan fingerprint density at radius 1 is 1.15 bits per heavy atom. The highest BCUT2D eigenvalue weighted by Gasteiger charge is 2.21. The maximum absolute atomic E-state index is 14.4. The van der Waals surface area contributed by atoms with Crippen LogP contribution in [-0.2, 0) is 0 Å². The van der Waals surface area contributed by atoms with Gasteiger partial charge in [-0.3, -0.25) is 0 Å². The molecule has 0 radical (unpaired) electrons. The fourth-order valence-corrected chi connectivity index (χ4v) is 4.89. The summed E-state index contributed by atoms with van der Waals surface area (Å²) >= 11 is 3.47. The van der Waals surface area contributed by atoms with Crippen LogP contribution in [0.1, 0.15) is 27.6 Å². The average Bonchev–Trinajstić information content (AvgIpc) is 2.93. The summed E-state index contributed by atoms with van der Waals surface area (Å²) in [6.45, 7) is 3.90. The van der Waals surface area contributed by atoms with Crippen molar-refractivity contribution in [2.24, 2.45) is 0 Å². The number of aryl methyl sites for hydroxylation is 2. The number of rotatable bonds is 3. The number of nitrogens with one attached hydrogen (secondary N) is 1. The van der Waals surface area contributed by atoms with Crippen molar-refractivity contribution in [1.82, 2.24) is 5.32 Å². The van der Waals surface area contributed by atoms with Gasteiger partial charge in [0.1, 0.15) is 5.82 Å². The predicted molar refractivity (Wildman–Crippen MR) is 86.5 cm³/mol. The van der Waals surface area contributed by atoms with Gasteiger partial charge < -0.3 is 5.32 Å². The van der Waals surface area contributed by atoms with Crippen molar-refractivity contribution in [2.45, 2.75) is 19.9 Å². The first-order valence-electron chi connectivity index (χ1n) is 6.51. The van der Waals surface area contributed by atoms with E-state index in [0.717, 1.165) is 16.7 Å². The summed E-state index contributed by atoms with van der Waals surface area (Å²) in [4.78, 5) is 1.17. The van der Waals surface area contributed by atoms with Gasteiger partial charge in [0.2, 0.25) is 0 Å². The molecule has 3 rings (SSSR count). The van der Waals surface area contributed by atoms with Crippen LogP contribution < -0.4 is 5.32 Å². The lowest BCUT2D eigenvalue weighted by molar-refractivity contribution is 0.575. The van der Waals surface area contributed by atoms with Crippen LogP contribution in [0.5, 0.6) is 0 Å². The molecule has 1 unspecified atom stereocenters. The number of fused-ring (bicyclic) bond motifs is 1. The molecule has 4 heteroatoms. The van der Waals surface area contributed by atoms with Crippen LogP contribution >= 0.6 is 22.7 Å². The second kappa shape index (κ2) is 5.28. The Morgan fingerprint density at radius 3 is 2.60 bits per heavy atom. The van der Waals surface area contributed by atoms with Crippen molar-refractivity contribution in [2.75, 3.05) is 7.05 Å². The van der Waals surface area contributed by atoms with E-state index in [1.807, 2.05) is 27.0 Å². The Balaban J connectivity index is 2.12. The molecular formula is C16H16FNS2. The zero-order valence-electron chi connectivity index (χ0n) is 11.7. The summed E-state index contributed by atoms with van der Waals surface area (Å²) in [5.41, 5.74) is 2.72. The molecule has 1 N–H and O–H groups in total. The zero-order valence-corrected chi connectivity index (χ0v) is 13.3. The molecule has 3 aromatic rings. The minimum absolute atomic E-state index is 0.0831. The lowest BCUT2D eigenvalue weighted by atomic mass is 9.97. The average molecular weight is 305 g/mol. The largest absolute Gasteiger partial charge is 0.309 e. The quantitative estimate of drug-likeness (QED) is 0.716. The molecule has 2 aromatic heterocycles. The van der Waals surface area contributed by atoms with Gasteiger partial charge in [-0.05, 0) is 55.6 Å². The summed E-state index contributed by atoms with van der Waals surface area (Å²) in [6.07, 6.45) is 0. The van der Waals surface area contributed by atoms with Gasteiger partial charge in [0, 0.05) is 19.8 Å². The van der Waals surface area contributed by atoms with Gasteiger partial charge in [-0.15, -0.1) is 22.7 Å². The molecule has 20 heavy (non-hydrogen) atoms. The second-order valence-corrected chi connectivity index (χ2v) is 7.06. The second-order valence-electron chi connectivity index (χ2n) is 5.00. The Hall–Kier alpha value is -1.23. The third-order valence-corrected chi connectivity index (χ3v) is 5.66. The molecule has 0 aliphatic rings. The van der Waals surface area contributed by atoms with E-state index in [1.54, 1.807) is 28.7 Å². The molecule has 0 spiro atoms. The zero-order chi connectivity index (χ0) is 14.3. The fraction of sp³-hybridized carbons (Fsp3) is 0.250.